The lowest BCUT2D eigenvalue weighted by Gasteiger charge is -2.47. The molecule has 0 saturated carbocycles. The van der Waals surface area contributed by atoms with Gasteiger partial charge in [0.25, 0.3) is 0 Å². The molecule has 0 amide bonds. The Morgan fingerprint density at radius 3 is 2.42 bits per heavy atom. The summed E-state index contributed by atoms with van der Waals surface area (Å²) in [5.74, 6) is -0.121. The molecule has 1 N–H and O–H groups in total. The van der Waals surface area contributed by atoms with E-state index in [2.05, 4.69) is 0 Å². The van der Waals surface area contributed by atoms with E-state index in [1.54, 1.807) is 0 Å². The minimum Gasteiger partial charge on any atom is -0.387 e. The van der Waals surface area contributed by atoms with Crippen LogP contribution in [0.25, 0.3) is 0 Å². The molecular formula is C21H24O5. The van der Waals surface area contributed by atoms with E-state index in [-0.39, 0.29) is 18.1 Å². The highest BCUT2D eigenvalue weighted by Crippen LogP contribution is 2.37. The molecule has 0 aliphatic carbocycles. The summed E-state index contributed by atoms with van der Waals surface area (Å²) in [4.78, 5) is 0. The smallest absolute Gasteiger partial charge is 0.184 e. The van der Waals surface area contributed by atoms with E-state index in [9.17, 15) is 5.11 Å². The van der Waals surface area contributed by atoms with Gasteiger partial charge in [-0.3, -0.25) is 0 Å². The van der Waals surface area contributed by atoms with Crippen LogP contribution in [0.5, 0.6) is 0 Å². The third-order valence-electron chi connectivity index (χ3n) is 5.03. The molecule has 2 aromatic carbocycles. The van der Waals surface area contributed by atoms with Crippen molar-refractivity contribution >= 4 is 0 Å². The van der Waals surface area contributed by atoms with Crippen LogP contribution >= 0.6 is 0 Å². The summed E-state index contributed by atoms with van der Waals surface area (Å²) in [7, 11) is 0. The molecule has 3 unspecified atom stereocenters. The molecule has 5 nitrogen and oxygen atoms in total. The fourth-order valence-corrected chi connectivity index (χ4v) is 3.50. The Balaban J connectivity index is 1.40. The van der Waals surface area contributed by atoms with Gasteiger partial charge in [-0.25, -0.2) is 0 Å². The third-order valence-corrected chi connectivity index (χ3v) is 5.03. The second-order valence-electron chi connectivity index (χ2n) is 6.87. The lowest BCUT2D eigenvalue weighted by Crippen LogP contribution is -2.58. The second-order valence-corrected chi connectivity index (χ2v) is 6.87. The molecule has 138 valence electrons. The zero-order chi connectivity index (χ0) is 17.9. The normalized spacial score (nSPS) is 34.2. The van der Waals surface area contributed by atoms with Crippen molar-refractivity contribution in [2.45, 2.75) is 44.4 Å². The van der Waals surface area contributed by atoms with Crippen LogP contribution in [0.2, 0.25) is 0 Å². The summed E-state index contributed by atoms with van der Waals surface area (Å²) in [5.41, 5.74) is 2.01. The Morgan fingerprint density at radius 2 is 1.69 bits per heavy atom. The molecule has 2 heterocycles. The molecule has 0 aromatic heterocycles. The first-order valence-electron chi connectivity index (χ1n) is 9.03. The summed E-state index contributed by atoms with van der Waals surface area (Å²) in [6.45, 7) is 2.77. The lowest BCUT2D eigenvalue weighted by molar-refractivity contribution is -0.353. The fourth-order valence-electron chi connectivity index (χ4n) is 3.50. The molecule has 0 spiro atoms. The fraction of sp³-hybridized carbons (Fsp3) is 0.429. The topological polar surface area (TPSA) is 57.2 Å². The van der Waals surface area contributed by atoms with E-state index in [1.807, 2.05) is 67.6 Å². The van der Waals surface area contributed by atoms with E-state index in [0.29, 0.717) is 13.2 Å². The molecular weight excluding hydrogens is 332 g/mol. The predicted molar refractivity (Wildman–Crippen MR) is 95.1 cm³/mol. The van der Waals surface area contributed by atoms with Crippen molar-refractivity contribution in [3.05, 3.63) is 71.8 Å². The molecule has 0 radical (unpaired) electrons. The van der Waals surface area contributed by atoms with E-state index < -0.39 is 18.7 Å². The van der Waals surface area contributed by atoms with Gasteiger partial charge in [0.2, 0.25) is 0 Å². The maximum Gasteiger partial charge on any atom is 0.184 e. The number of rotatable bonds is 4. The highest BCUT2D eigenvalue weighted by atomic mass is 16.7. The molecule has 0 bridgehead atoms. The standard InChI is InChI=1S/C21H24O5/c1-14-18(22)21(23-12-15-8-4-2-5-9-15)25-17-13-24-20(26-19(14)17)16-10-6-3-7-11-16/h2-11,14,17-22H,12-13H2,1H3/t14-,17?,18?,19-,20?,21-/m1/s1. The van der Waals surface area contributed by atoms with Crippen LogP contribution in [0.1, 0.15) is 24.3 Å². The molecule has 6 atom stereocenters. The van der Waals surface area contributed by atoms with Crippen LogP contribution in [0.3, 0.4) is 0 Å². The number of fused-ring (bicyclic) bond motifs is 1. The van der Waals surface area contributed by atoms with Crippen molar-refractivity contribution in [1.82, 2.24) is 0 Å². The Bertz CT molecular complexity index is 690. The summed E-state index contributed by atoms with van der Waals surface area (Å²) >= 11 is 0. The third kappa shape index (κ3) is 3.68. The molecule has 4 rings (SSSR count). The van der Waals surface area contributed by atoms with Crippen molar-refractivity contribution in [2.24, 2.45) is 5.92 Å². The number of hydrogen-bond donors (Lipinski definition) is 1. The summed E-state index contributed by atoms with van der Waals surface area (Å²) in [6, 6.07) is 19.7. The van der Waals surface area contributed by atoms with E-state index in [1.165, 1.54) is 0 Å². The Hall–Kier alpha value is -1.76. The van der Waals surface area contributed by atoms with Gasteiger partial charge in [-0.1, -0.05) is 67.6 Å². The van der Waals surface area contributed by atoms with Crippen LogP contribution in [0.15, 0.2) is 60.7 Å². The Morgan fingerprint density at radius 1 is 1.00 bits per heavy atom. The van der Waals surface area contributed by atoms with Crippen LogP contribution in [-0.2, 0) is 25.6 Å². The zero-order valence-electron chi connectivity index (χ0n) is 14.7. The quantitative estimate of drug-likeness (QED) is 0.913. The number of aliphatic hydroxyl groups excluding tert-OH is 1. The van der Waals surface area contributed by atoms with Gasteiger partial charge in [0, 0.05) is 11.5 Å². The first-order valence-corrected chi connectivity index (χ1v) is 9.03. The Labute approximate surface area is 153 Å². The molecule has 26 heavy (non-hydrogen) atoms. The first-order chi connectivity index (χ1) is 12.7. The van der Waals surface area contributed by atoms with Gasteiger partial charge in [-0.15, -0.1) is 0 Å². The predicted octanol–water partition coefficient (Wildman–Crippen LogP) is 3.04. The van der Waals surface area contributed by atoms with Crippen LogP contribution < -0.4 is 0 Å². The number of hydrogen-bond acceptors (Lipinski definition) is 5. The van der Waals surface area contributed by atoms with Gasteiger partial charge in [0.05, 0.1) is 19.3 Å². The average Bonchev–Trinajstić information content (AvgIpc) is 2.71. The van der Waals surface area contributed by atoms with Crippen molar-refractivity contribution in [3.8, 4) is 0 Å². The van der Waals surface area contributed by atoms with Gasteiger partial charge in [-0.2, -0.15) is 0 Å². The van der Waals surface area contributed by atoms with E-state index in [4.69, 9.17) is 18.9 Å². The summed E-state index contributed by atoms with van der Waals surface area (Å²) in [5, 5.41) is 10.6. The highest BCUT2D eigenvalue weighted by molar-refractivity contribution is 5.16. The van der Waals surface area contributed by atoms with E-state index in [0.717, 1.165) is 11.1 Å². The molecule has 5 heteroatoms. The van der Waals surface area contributed by atoms with Gasteiger partial charge in [0.1, 0.15) is 12.2 Å². The van der Waals surface area contributed by atoms with Crippen LogP contribution in [0.4, 0.5) is 0 Å². The number of benzene rings is 2. The minimum atomic E-state index is -0.755. The molecule has 2 saturated heterocycles. The SMILES string of the molecule is C[C@@H]1C(O)[C@H](OCc2ccccc2)OC2COC(c3ccccc3)O[C@@H]21. The van der Waals surface area contributed by atoms with Crippen molar-refractivity contribution in [2.75, 3.05) is 6.61 Å². The van der Waals surface area contributed by atoms with Crippen molar-refractivity contribution in [3.63, 3.8) is 0 Å². The second kappa shape index (κ2) is 7.86. The van der Waals surface area contributed by atoms with Gasteiger partial charge >= 0.3 is 0 Å². The first kappa shape index (κ1) is 17.6. The van der Waals surface area contributed by atoms with E-state index >= 15 is 0 Å². The van der Waals surface area contributed by atoms with Gasteiger partial charge in [0.15, 0.2) is 12.6 Å². The largest absolute Gasteiger partial charge is 0.387 e. The summed E-state index contributed by atoms with van der Waals surface area (Å²) in [6.07, 6.45) is -2.37. The Kier molecular flexibility index (Phi) is 5.33. The van der Waals surface area contributed by atoms with Gasteiger partial charge in [-0.05, 0) is 5.56 Å². The maximum absolute atomic E-state index is 10.6. The van der Waals surface area contributed by atoms with Gasteiger partial charge < -0.3 is 24.1 Å². The lowest BCUT2D eigenvalue weighted by atomic mass is 9.90. The maximum atomic E-state index is 10.6. The average molecular weight is 356 g/mol. The number of aliphatic hydroxyl groups is 1. The van der Waals surface area contributed by atoms with Crippen molar-refractivity contribution < 1.29 is 24.1 Å². The minimum absolute atomic E-state index is 0.121. The molecule has 2 aliphatic rings. The number of ether oxygens (including phenoxy) is 4. The van der Waals surface area contributed by atoms with Crippen molar-refractivity contribution in [1.29, 1.82) is 0 Å². The van der Waals surface area contributed by atoms with Crippen LogP contribution in [0, 0.1) is 5.92 Å². The highest BCUT2D eigenvalue weighted by Gasteiger charge is 2.47. The van der Waals surface area contributed by atoms with Crippen LogP contribution in [-0.4, -0.2) is 36.3 Å². The molecule has 2 aliphatic heterocycles. The monoisotopic (exact) mass is 356 g/mol. The zero-order valence-corrected chi connectivity index (χ0v) is 14.7. The molecule has 2 fully saturated rings. The summed E-state index contributed by atoms with van der Waals surface area (Å²) < 4.78 is 23.7. The molecule has 2 aromatic rings.